The van der Waals surface area contributed by atoms with E-state index in [-0.39, 0.29) is 0 Å². The minimum Gasteiger partial charge on any atom is -0.481 e. The van der Waals surface area contributed by atoms with Gasteiger partial charge in [0.1, 0.15) is 4.60 Å². The van der Waals surface area contributed by atoms with E-state index in [2.05, 4.69) is 26.2 Å². The third-order valence-electron chi connectivity index (χ3n) is 2.04. The predicted octanol–water partition coefficient (Wildman–Crippen LogP) is 0.893. The smallest absolute Gasteiger partial charge is 0.305 e. The summed E-state index contributed by atoms with van der Waals surface area (Å²) in [7, 11) is 0. The lowest BCUT2D eigenvalue weighted by molar-refractivity contribution is -0.138. The maximum absolute atomic E-state index is 11.5. The van der Waals surface area contributed by atoms with Gasteiger partial charge in [-0.2, -0.15) is 0 Å². The lowest BCUT2D eigenvalue weighted by atomic mass is 10.2. The van der Waals surface area contributed by atoms with Gasteiger partial charge < -0.3 is 16.2 Å². The molecule has 1 amide bonds. The van der Waals surface area contributed by atoms with Gasteiger partial charge in [-0.05, 0) is 35.0 Å². The van der Waals surface area contributed by atoms with Crippen LogP contribution in [0.1, 0.15) is 12.1 Å². The van der Waals surface area contributed by atoms with Gasteiger partial charge in [-0.1, -0.05) is 0 Å². The fourth-order valence-corrected chi connectivity index (χ4v) is 1.57. The third kappa shape index (κ3) is 4.12. The topological polar surface area (TPSA) is 105 Å². The molecule has 0 bridgehead atoms. The average molecular weight is 302 g/mol. The van der Waals surface area contributed by atoms with E-state index in [0.29, 0.717) is 16.0 Å². The first-order chi connectivity index (χ1) is 7.90. The fourth-order valence-electron chi connectivity index (χ4n) is 1.17. The lowest BCUT2D eigenvalue weighted by Crippen LogP contribution is -2.37. The molecule has 1 rings (SSSR count). The zero-order chi connectivity index (χ0) is 13.0. The Morgan fingerprint density at radius 3 is 2.76 bits per heavy atom. The molecule has 0 saturated carbocycles. The number of hydrogen-bond donors (Lipinski definition) is 3. The Balaban J connectivity index is 2.71. The minimum absolute atomic E-state index is 0.408. The first-order valence-corrected chi connectivity index (χ1v) is 5.61. The molecule has 0 aliphatic rings. The van der Waals surface area contributed by atoms with Gasteiger partial charge in [0.25, 0.3) is 0 Å². The monoisotopic (exact) mass is 301 g/mol. The molecule has 1 aromatic heterocycles. The van der Waals surface area contributed by atoms with E-state index in [1.54, 1.807) is 19.1 Å². The van der Waals surface area contributed by atoms with Crippen LogP contribution >= 0.6 is 15.9 Å². The molecule has 92 valence electrons. The molecule has 1 atom stereocenters. The Morgan fingerprint density at radius 1 is 1.59 bits per heavy atom. The predicted molar refractivity (Wildman–Crippen MR) is 65.5 cm³/mol. The Bertz CT molecular complexity index is 450. The van der Waals surface area contributed by atoms with Gasteiger partial charge in [-0.15, -0.1) is 0 Å². The van der Waals surface area contributed by atoms with Crippen molar-refractivity contribution in [2.24, 2.45) is 5.73 Å². The van der Waals surface area contributed by atoms with E-state index in [9.17, 15) is 9.59 Å². The molecule has 1 aromatic rings. The Morgan fingerprint density at radius 2 is 2.24 bits per heavy atom. The molecule has 0 aliphatic carbocycles. The number of aryl methyl sites for hydroxylation is 1. The number of amides is 1. The van der Waals surface area contributed by atoms with Crippen molar-refractivity contribution in [1.82, 2.24) is 4.98 Å². The molecular formula is C10H12BrN3O3. The van der Waals surface area contributed by atoms with Crippen LogP contribution in [0.4, 0.5) is 5.69 Å². The van der Waals surface area contributed by atoms with Crippen LogP contribution in [0.25, 0.3) is 0 Å². The van der Waals surface area contributed by atoms with Crippen molar-refractivity contribution in [3.8, 4) is 0 Å². The van der Waals surface area contributed by atoms with Crippen molar-refractivity contribution < 1.29 is 14.7 Å². The number of nitrogens with one attached hydrogen (secondary N) is 1. The second-order valence-electron chi connectivity index (χ2n) is 3.46. The lowest BCUT2D eigenvalue weighted by Gasteiger charge is -2.11. The Labute approximate surface area is 106 Å². The van der Waals surface area contributed by atoms with E-state index in [1.165, 1.54) is 0 Å². The summed E-state index contributed by atoms with van der Waals surface area (Å²) in [6.45, 7) is 1.73. The number of aromatic nitrogens is 1. The van der Waals surface area contributed by atoms with Gasteiger partial charge in [0.05, 0.1) is 23.8 Å². The van der Waals surface area contributed by atoms with E-state index in [1.807, 2.05) is 0 Å². The standard InChI is InChI=1S/C10H12BrN3O3/c1-5-7(2-3-8(11)13-5)14-10(17)6(12)4-9(15)16/h2-3,6H,4,12H2,1H3,(H,14,17)(H,15,16). The number of carboxylic acids is 1. The third-order valence-corrected chi connectivity index (χ3v) is 2.48. The molecule has 6 nitrogen and oxygen atoms in total. The van der Waals surface area contributed by atoms with E-state index in [0.717, 1.165) is 0 Å². The van der Waals surface area contributed by atoms with E-state index < -0.39 is 24.3 Å². The molecule has 1 heterocycles. The Hall–Kier alpha value is -1.47. The van der Waals surface area contributed by atoms with Crippen molar-refractivity contribution in [1.29, 1.82) is 0 Å². The van der Waals surface area contributed by atoms with Crippen LogP contribution in [0.5, 0.6) is 0 Å². The first-order valence-electron chi connectivity index (χ1n) is 4.81. The number of anilines is 1. The van der Waals surface area contributed by atoms with Crippen LogP contribution in [0.3, 0.4) is 0 Å². The van der Waals surface area contributed by atoms with Crippen LogP contribution in [0.15, 0.2) is 16.7 Å². The van der Waals surface area contributed by atoms with Gasteiger partial charge in [-0.25, -0.2) is 4.98 Å². The average Bonchev–Trinajstić information content (AvgIpc) is 2.21. The summed E-state index contributed by atoms with van der Waals surface area (Å²) in [5, 5.41) is 11.0. The van der Waals surface area contributed by atoms with E-state index >= 15 is 0 Å². The van der Waals surface area contributed by atoms with Crippen LogP contribution in [0.2, 0.25) is 0 Å². The van der Waals surface area contributed by atoms with Crippen molar-refractivity contribution >= 4 is 33.5 Å². The second kappa shape index (κ2) is 5.74. The van der Waals surface area contributed by atoms with Crippen molar-refractivity contribution in [2.45, 2.75) is 19.4 Å². The first kappa shape index (κ1) is 13.6. The summed E-state index contributed by atoms with van der Waals surface area (Å²) < 4.78 is 0.655. The largest absolute Gasteiger partial charge is 0.481 e. The molecule has 7 heteroatoms. The number of carboxylic acid groups (broad SMARTS) is 1. The van der Waals surface area contributed by atoms with Crippen molar-refractivity contribution in [3.05, 3.63) is 22.4 Å². The Kier molecular flexibility index (Phi) is 4.59. The summed E-state index contributed by atoms with van der Waals surface area (Å²) in [6, 6.07) is 2.26. The summed E-state index contributed by atoms with van der Waals surface area (Å²) in [6.07, 6.45) is -0.408. The number of halogens is 1. The highest BCUT2D eigenvalue weighted by Gasteiger charge is 2.17. The zero-order valence-corrected chi connectivity index (χ0v) is 10.7. The highest BCUT2D eigenvalue weighted by atomic mass is 79.9. The normalized spacial score (nSPS) is 11.9. The molecular weight excluding hydrogens is 290 g/mol. The second-order valence-corrected chi connectivity index (χ2v) is 4.27. The molecule has 17 heavy (non-hydrogen) atoms. The molecule has 0 aromatic carbocycles. The number of rotatable bonds is 4. The van der Waals surface area contributed by atoms with Crippen LogP contribution in [-0.2, 0) is 9.59 Å². The number of nitrogens with zero attached hydrogens (tertiary/aromatic N) is 1. The molecule has 0 spiro atoms. The quantitative estimate of drug-likeness (QED) is 0.716. The van der Waals surface area contributed by atoms with Crippen molar-refractivity contribution in [3.63, 3.8) is 0 Å². The van der Waals surface area contributed by atoms with Crippen LogP contribution in [-0.4, -0.2) is 28.0 Å². The number of carbonyl (C=O) groups excluding carboxylic acids is 1. The van der Waals surface area contributed by atoms with Gasteiger partial charge in [0.15, 0.2) is 0 Å². The maximum Gasteiger partial charge on any atom is 0.305 e. The number of pyridine rings is 1. The fraction of sp³-hybridized carbons (Fsp3) is 0.300. The number of aliphatic carboxylic acids is 1. The molecule has 0 radical (unpaired) electrons. The highest BCUT2D eigenvalue weighted by Crippen LogP contribution is 2.16. The molecule has 0 fully saturated rings. The summed E-state index contributed by atoms with van der Waals surface area (Å²) in [5.74, 6) is -1.65. The minimum atomic E-state index is -1.11. The summed E-state index contributed by atoms with van der Waals surface area (Å²) >= 11 is 3.20. The molecule has 0 saturated heterocycles. The number of nitrogens with two attached hydrogens (primary N) is 1. The number of hydrogen-bond acceptors (Lipinski definition) is 4. The van der Waals surface area contributed by atoms with Crippen LogP contribution < -0.4 is 11.1 Å². The van der Waals surface area contributed by atoms with Gasteiger partial charge in [0.2, 0.25) is 5.91 Å². The van der Waals surface area contributed by atoms with Gasteiger partial charge in [0, 0.05) is 0 Å². The molecule has 4 N–H and O–H groups in total. The summed E-state index contributed by atoms with van der Waals surface area (Å²) in [5.41, 5.74) is 6.56. The van der Waals surface area contributed by atoms with Gasteiger partial charge in [-0.3, -0.25) is 9.59 Å². The van der Waals surface area contributed by atoms with E-state index in [4.69, 9.17) is 10.8 Å². The molecule has 1 unspecified atom stereocenters. The highest BCUT2D eigenvalue weighted by molar-refractivity contribution is 9.10. The van der Waals surface area contributed by atoms with Crippen LogP contribution in [0, 0.1) is 6.92 Å². The van der Waals surface area contributed by atoms with Gasteiger partial charge >= 0.3 is 5.97 Å². The maximum atomic E-state index is 11.5. The molecule has 0 aliphatic heterocycles. The zero-order valence-electron chi connectivity index (χ0n) is 9.11. The SMILES string of the molecule is Cc1nc(Br)ccc1NC(=O)C(N)CC(=O)O. The number of carbonyl (C=O) groups is 2. The summed E-state index contributed by atoms with van der Waals surface area (Å²) in [4.78, 5) is 26.0. The van der Waals surface area contributed by atoms with Crippen molar-refractivity contribution in [2.75, 3.05) is 5.32 Å².